The normalized spacial score (nSPS) is 42.8. The number of carbonyl (C=O) groups is 1. The van der Waals surface area contributed by atoms with Crippen molar-refractivity contribution < 1.29 is 25.2 Å². The van der Waals surface area contributed by atoms with Crippen LogP contribution in [0.1, 0.15) is 106 Å². The van der Waals surface area contributed by atoms with Gasteiger partial charge >= 0.3 is 5.97 Å². The fourth-order valence-corrected chi connectivity index (χ4v) is 9.59. The minimum absolute atomic E-state index is 0.0559. The van der Waals surface area contributed by atoms with Crippen LogP contribution in [0.25, 0.3) is 0 Å². The van der Waals surface area contributed by atoms with Crippen molar-refractivity contribution in [3.05, 3.63) is 23.3 Å². The first-order chi connectivity index (χ1) is 16.4. The van der Waals surface area contributed by atoms with Gasteiger partial charge in [0, 0.05) is 5.92 Å². The molecule has 4 aliphatic rings. The first kappa shape index (κ1) is 27.9. The number of fused-ring (bicyclic) bond motifs is 4. The SMILES string of the molecule is C=C(CC[C@H](C(=O)O)[C@H]1[C@H](O)C[C@@]2(C)C3=C(CC[C@]12C)[C@@]1(C)CC[C@@H](O)C(C)(C)[C@@H]1CC3)C(C)(C)O. The summed E-state index contributed by atoms with van der Waals surface area (Å²) in [5.74, 6) is -1.43. The van der Waals surface area contributed by atoms with Crippen LogP contribution in [0.4, 0.5) is 0 Å². The van der Waals surface area contributed by atoms with Crippen LogP contribution in [-0.4, -0.2) is 44.2 Å². The molecule has 0 amide bonds. The molecule has 0 unspecified atom stereocenters. The van der Waals surface area contributed by atoms with Gasteiger partial charge < -0.3 is 20.4 Å². The molecule has 0 heterocycles. The Bertz CT molecular complexity index is 957. The van der Waals surface area contributed by atoms with Crippen LogP contribution in [0.5, 0.6) is 0 Å². The van der Waals surface area contributed by atoms with E-state index in [0.717, 1.165) is 38.5 Å². The fourth-order valence-electron chi connectivity index (χ4n) is 9.59. The van der Waals surface area contributed by atoms with Gasteiger partial charge in [0.2, 0.25) is 0 Å². The van der Waals surface area contributed by atoms with E-state index >= 15 is 0 Å². The van der Waals surface area contributed by atoms with Crippen LogP contribution in [0.3, 0.4) is 0 Å². The van der Waals surface area contributed by atoms with E-state index in [1.807, 2.05) is 0 Å². The number of aliphatic carboxylic acids is 1. The number of carboxylic acids is 1. The first-order valence-corrected chi connectivity index (χ1v) is 14.1. The van der Waals surface area contributed by atoms with Gasteiger partial charge in [-0.2, -0.15) is 0 Å². The first-order valence-electron chi connectivity index (χ1n) is 14.1. The third kappa shape index (κ3) is 3.86. The standard InChI is InChI=1S/C31H50O5/c1-18(28(4,5)36)9-10-19(26(34)35)25-22(32)17-31(8)21-11-12-23-27(2,3)24(33)14-15-29(23,6)20(21)13-16-30(25,31)7/h19,22-25,32-33,36H,1,9-17H2,2-8H3,(H,34,35)/t19-,22+,23-,24+,25-,29+,30+,31-/m0/s1. The molecule has 0 aliphatic heterocycles. The van der Waals surface area contributed by atoms with Gasteiger partial charge in [0.05, 0.1) is 23.7 Å². The summed E-state index contributed by atoms with van der Waals surface area (Å²) in [4.78, 5) is 12.6. The van der Waals surface area contributed by atoms with Gasteiger partial charge in [-0.3, -0.25) is 4.79 Å². The smallest absolute Gasteiger partial charge is 0.306 e. The number of carboxylic acid groups (broad SMARTS) is 1. The molecule has 0 aromatic rings. The fraction of sp³-hybridized carbons (Fsp3) is 0.839. The third-order valence-electron chi connectivity index (χ3n) is 12.2. The zero-order chi connectivity index (χ0) is 27.1. The van der Waals surface area contributed by atoms with Gasteiger partial charge in [0.25, 0.3) is 0 Å². The predicted octanol–water partition coefficient (Wildman–Crippen LogP) is 5.88. The Balaban J connectivity index is 1.71. The Morgan fingerprint density at radius 3 is 2.28 bits per heavy atom. The second-order valence-corrected chi connectivity index (χ2v) is 14.5. The highest BCUT2D eigenvalue weighted by Crippen LogP contribution is 2.72. The van der Waals surface area contributed by atoms with Crippen LogP contribution in [0.2, 0.25) is 0 Å². The molecule has 2 fully saturated rings. The van der Waals surface area contributed by atoms with E-state index in [-0.39, 0.29) is 33.7 Å². The van der Waals surface area contributed by atoms with Crippen molar-refractivity contribution in [3.8, 4) is 0 Å². The van der Waals surface area contributed by atoms with E-state index in [1.54, 1.807) is 19.4 Å². The van der Waals surface area contributed by atoms with Gasteiger partial charge in [-0.05, 0) is 105 Å². The number of hydrogen-bond donors (Lipinski definition) is 4. The van der Waals surface area contributed by atoms with Crippen LogP contribution in [0.15, 0.2) is 23.3 Å². The molecule has 0 spiro atoms. The lowest BCUT2D eigenvalue weighted by molar-refractivity contribution is -0.149. The minimum atomic E-state index is -1.05. The Morgan fingerprint density at radius 2 is 1.69 bits per heavy atom. The zero-order valence-corrected chi connectivity index (χ0v) is 23.7. The van der Waals surface area contributed by atoms with E-state index in [1.165, 1.54) is 5.57 Å². The van der Waals surface area contributed by atoms with Crippen LogP contribution in [0, 0.1) is 39.4 Å². The largest absolute Gasteiger partial charge is 0.481 e. The summed E-state index contributed by atoms with van der Waals surface area (Å²) < 4.78 is 0. The van der Waals surface area contributed by atoms with E-state index in [2.05, 4.69) is 41.2 Å². The Hall–Kier alpha value is -1.17. The van der Waals surface area contributed by atoms with Gasteiger partial charge in [0.15, 0.2) is 0 Å². The number of allylic oxidation sites excluding steroid dienone is 2. The average Bonchev–Trinajstić information content (AvgIpc) is 2.96. The monoisotopic (exact) mass is 502 g/mol. The molecule has 0 aromatic carbocycles. The molecule has 0 bridgehead atoms. The minimum Gasteiger partial charge on any atom is -0.481 e. The molecule has 36 heavy (non-hydrogen) atoms. The number of rotatable bonds is 6. The van der Waals surface area contributed by atoms with E-state index in [4.69, 9.17) is 0 Å². The van der Waals surface area contributed by atoms with Crippen molar-refractivity contribution in [1.29, 1.82) is 0 Å². The topological polar surface area (TPSA) is 98.0 Å². The van der Waals surface area contributed by atoms with Crippen molar-refractivity contribution >= 4 is 5.97 Å². The molecule has 4 rings (SSSR count). The quantitative estimate of drug-likeness (QED) is 0.340. The number of aliphatic hydroxyl groups excluding tert-OH is 2. The molecule has 204 valence electrons. The second-order valence-electron chi connectivity index (χ2n) is 14.5. The van der Waals surface area contributed by atoms with Gasteiger partial charge in [0.1, 0.15) is 0 Å². The van der Waals surface area contributed by atoms with Crippen molar-refractivity contribution in [2.75, 3.05) is 0 Å². The Morgan fingerprint density at radius 1 is 1.06 bits per heavy atom. The third-order valence-corrected chi connectivity index (χ3v) is 12.2. The summed E-state index contributed by atoms with van der Waals surface area (Å²) in [6.45, 7) is 18.8. The molecular formula is C31H50O5. The number of aliphatic hydroxyl groups is 3. The van der Waals surface area contributed by atoms with E-state index in [0.29, 0.717) is 30.8 Å². The lowest BCUT2D eigenvalue weighted by atomic mass is 9.43. The summed E-state index contributed by atoms with van der Waals surface area (Å²) >= 11 is 0. The molecule has 4 N–H and O–H groups in total. The molecule has 0 saturated heterocycles. The molecule has 4 aliphatic carbocycles. The second kappa shape index (κ2) is 8.68. The van der Waals surface area contributed by atoms with Crippen molar-refractivity contribution in [2.45, 2.75) is 124 Å². The highest BCUT2D eigenvalue weighted by molar-refractivity contribution is 5.71. The number of hydrogen-bond acceptors (Lipinski definition) is 4. The maximum Gasteiger partial charge on any atom is 0.306 e. The van der Waals surface area contributed by atoms with E-state index in [9.17, 15) is 25.2 Å². The molecule has 0 aromatic heterocycles. The molecular weight excluding hydrogens is 452 g/mol. The van der Waals surface area contributed by atoms with Crippen LogP contribution >= 0.6 is 0 Å². The van der Waals surface area contributed by atoms with Crippen molar-refractivity contribution in [2.24, 2.45) is 39.4 Å². The molecule has 5 nitrogen and oxygen atoms in total. The van der Waals surface area contributed by atoms with Crippen molar-refractivity contribution in [1.82, 2.24) is 0 Å². The Kier molecular flexibility index (Phi) is 6.71. The zero-order valence-electron chi connectivity index (χ0n) is 23.7. The van der Waals surface area contributed by atoms with Crippen LogP contribution < -0.4 is 0 Å². The van der Waals surface area contributed by atoms with Crippen molar-refractivity contribution in [3.63, 3.8) is 0 Å². The van der Waals surface area contributed by atoms with Gasteiger partial charge in [-0.25, -0.2) is 0 Å². The summed E-state index contributed by atoms with van der Waals surface area (Å²) in [7, 11) is 0. The molecule has 0 radical (unpaired) electrons. The molecule has 5 heteroatoms. The summed E-state index contributed by atoms with van der Waals surface area (Å²) in [6.07, 6.45) is 6.15. The predicted molar refractivity (Wildman–Crippen MR) is 142 cm³/mol. The molecule has 2 saturated carbocycles. The van der Waals surface area contributed by atoms with Gasteiger partial charge in [-0.15, -0.1) is 0 Å². The summed E-state index contributed by atoms with van der Waals surface area (Å²) in [6, 6.07) is 0. The van der Waals surface area contributed by atoms with Gasteiger partial charge in [-0.1, -0.05) is 52.3 Å². The lowest BCUT2D eigenvalue weighted by Crippen LogP contribution is -2.55. The maximum atomic E-state index is 12.6. The lowest BCUT2D eigenvalue weighted by Gasteiger charge is -2.62. The van der Waals surface area contributed by atoms with Crippen LogP contribution in [-0.2, 0) is 4.79 Å². The Labute approximate surface area is 218 Å². The summed E-state index contributed by atoms with van der Waals surface area (Å²) in [5, 5.41) is 43.0. The average molecular weight is 503 g/mol. The van der Waals surface area contributed by atoms with E-state index < -0.39 is 23.6 Å². The highest BCUT2D eigenvalue weighted by atomic mass is 16.4. The molecule has 8 atom stereocenters. The summed E-state index contributed by atoms with van der Waals surface area (Å²) in [5.41, 5.74) is 2.01. The highest BCUT2D eigenvalue weighted by Gasteiger charge is 2.66. The maximum absolute atomic E-state index is 12.6.